The summed E-state index contributed by atoms with van der Waals surface area (Å²) in [5, 5.41) is 0. The molecular weight excluding hydrogens is 378 g/mol. The van der Waals surface area contributed by atoms with Gasteiger partial charge in [0.1, 0.15) is 16.9 Å². The van der Waals surface area contributed by atoms with Crippen LogP contribution in [-0.2, 0) is 4.79 Å². The van der Waals surface area contributed by atoms with Gasteiger partial charge in [-0.15, -0.1) is 0 Å². The minimum absolute atomic E-state index is 0.136. The first-order chi connectivity index (χ1) is 14.5. The van der Waals surface area contributed by atoms with Crippen molar-refractivity contribution in [2.24, 2.45) is 0 Å². The molecule has 0 aliphatic carbocycles. The second kappa shape index (κ2) is 7.05. The third kappa shape index (κ3) is 3.04. The first-order valence-electron chi connectivity index (χ1n) is 10.1. The van der Waals surface area contributed by atoms with Crippen molar-refractivity contribution < 1.29 is 4.79 Å². The maximum absolute atomic E-state index is 11.7. The van der Waals surface area contributed by atoms with E-state index in [1.54, 1.807) is 19.3 Å². The summed E-state index contributed by atoms with van der Waals surface area (Å²) in [6.07, 6.45) is 7.22. The fraction of sp³-hybridized carbons (Fsp3) is 0.318. The Balaban J connectivity index is 1.61. The van der Waals surface area contributed by atoms with E-state index in [0.717, 1.165) is 64.8 Å². The van der Waals surface area contributed by atoms with Crippen LogP contribution in [0.1, 0.15) is 31.4 Å². The minimum atomic E-state index is 0.136. The average molecular weight is 401 g/mol. The van der Waals surface area contributed by atoms with Gasteiger partial charge in [-0.25, -0.2) is 15.0 Å². The van der Waals surface area contributed by atoms with Gasteiger partial charge in [0, 0.05) is 37.8 Å². The van der Waals surface area contributed by atoms with Crippen molar-refractivity contribution in [3.8, 4) is 11.3 Å². The Morgan fingerprint density at radius 3 is 2.63 bits per heavy atom. The van der Waals surface area contributed by atoms with Crippen LogP contribution in [0.25, 0.3) is 33.3 Å². The Morgan fingerprint density at radius 1 is 1.10 bits per heavy atom. The highest BCUT2D eigenvalue weighted by molar-refractivity contribution is 6.00. The van der Waals surface area contributed by atoms with Crippen LogP contribution in [0.3, 0.4) is 0 Å². The molecule has 1 saturated heterocycles. The number of amides is 1. The number of hydrogen-bond donors (Lipinski definition) is 1. The molecule has 8 nitrogen and oxygen atoms in total. The highest BCUT2D eigenvalue weighted by Crippen LogP contribution is 2.31. The lowest BCUT2D eigenvalue weighted by molar-refractivity contribution is -0.130. The van der Waals surface area contributed by atoms with E-state index in [0.29, 0.717) is 5.82 Å². The Morgan fingerprint density at radius 2 is 1.90 bits per heavy atom. The zero-order valence-corrected chi connectivity index (χ0v) is 17.0. The van der Waals surface area contributed by atoms with Crippen LogP contribution in [0.4, 0.5) is 5.82 Å². The summed E-state index contributed by atoms with van der Waals surface area (Å²) in [5.41, 5.74) is 12.0. The number of nitrogens with zero attached hydrogens (tertiary/aromatic N) is 6. The molecule has 2 N–H and O–H groups in total. The normalized spacial score (nSPS) is 15.2. The summed E-state index contributed by atoms with van der Waals surface area (Å²) >= 11 is 0. The number of carbonyl (C=O) groups is 1. The molecule has 5 heterocycles. The Kier molecular flexibility index (Phi) is 4.34. The molecule has 1 aliphatic heterocycles. The molecule has 4 aromatic rings. The lowest BCUT2D eigenvalue weighted by Crippen LogP contribution is -2.37. The van der Waals surface area contributed by atoms with E-state index < -0.39 is 0 Å². The molecule has 5 rings (SSSR count). The van der Waals surface area contributed by atoms with Gasteiger partial charge in [0.05, 0.1) is 29.3 Å². The van der Waals surface area contributed by atoms with Crippen molar-refractivity contribution in [2.45, 2.75) is 32.7 Å². The number of aryl methyl sites for hydroxylation is 1. The molecule has 0 atom stereocenters. The number of nitrogen functional groups attached to an aromatic ring is 1. The van der Waals surface area contributed by atoms with Crippen LogP contribution in [-0.4, -0.2) is 48.4 Å². The van der Waals surface area contributed by atoms with Gasteiger partial charge in [0.2, 0.25) is 5.91 Å². The summed E-state index contributed by atoms with van der Waals surface area (Å²) in [4.78, 5) is 31.9. The van der Waals surface area contributed by atoms with Crippen molar-refractivity contribution in [1.29, 1.82) is 0 Å². The Bertz CT molecular complexity index is 1270. The zero-order chi connectivity index (χ0) is 20.8. The number of rotatable bonds is 2. The number of likely N-dealkylation sites (tertiary alicyclic amines) is 1. The van der Waals surface area contributed by atoms with Crippen molar-refractivity contribution in [3.05, 3.63) is 42.5 Å². The minimum Gasteiger partial charge on any atom is -0.383 e. The van der Waals surface area contributed by atoms with Gasteiger partial charge in [-0.2, -0.15) is 0 Å². The van der Waals surface area contributed by atoms with Crippen molar-refractivity contribution in [1.82, 2.24) is 29.4 Å². The molecule has 30 heavy (non-hydrogen) atoms. The average Bonchev–Trinajstić information content (AvgIpc) is 3.20. The third-order valence-electron chi connectivity index (χ3n) is 5.96. The number of nitrogens with two attached hydrogens (primary N) is 1. The van der Waals surface area contributed by atoms with Gasteiger partial charge >= 0.3 is 0 Å². The number of aromatic nitrogens is 5. The molecule has 0 bridgehead atoms. The summed E-state index contributed by atoms with van der Waals surface area (Å²) in [6, 6.07) is 6.22. The number of anilines is 1. The second-order valence-electron chi connectivity index (χ2n) is 7.87. The van der Waals surface area contributed by atoms with Crippen LogP contribution in [0.2, 0.25) is 0 Å². The third-order valence-corrected chi connectivity index (χ3v) is 5.96. The van der Waals surface area contributed by atoms with Gasteiger partial charge < -0.3 is 15.2 Å². The first kappa shape index (κ1) is 18.5. The van der Waals surface area contributed by atoms with Gasteiger partial charge in [0.25, 0.3) is 0 Å². The Hall–Kier alpha value is -3.55. The lowest BCUT2D eigenvalue weighted by Gasteiger charge is -2.32. The molecule has 0 aromatic carbocycles. The molecule has 4 aromatic heterocycles. The van der Waals surface area contributed by atoms with E-state index in [1.807, 2.05) is 36.4 Å². The maximum Gasteiger partial charge on any atom is 0.219 e. The van der Waals surface area contributed by atoms with E-state index in [2.05, 4.69) is 19.5 Å². The zero-order valence-electron chi connectivity index (χ0n) is 17.0. The molecule has 0 saturated carbocycles. The highest BCUT2D eigenvalue weighted by atomic mass is 16.2. The van der Waals surface area contributed by atoms with Gasteiger partial charge in [-0.3, -0.25) is 9.78 Å². The van der Waals surface area contributed by atoms with E-state index in [9.17, 15) is 4.79 Å². The summed E-state index contributed by atoms with van der Waals surface area (Å²) < 4.78 is 2.21. The Labute approximate surface area is 173 Å². The molecule has 8 heteroatoms. The predicted octanol–water partition coefficient (Wildman–Crippen LogP) is 3.12. The second-order valence-corrected chi connectivity index (χ2v) is 7.87. The van der Waals surface area contributed by atoms with E-state index in [1.165, 1.54) is 0 Å². The van der Waals surface area contributed by atoms with Gasteiger partial charge in [0.15, 0.2) is 0 Å². The number of fused-ring (bicyclic) bond motifs is 3. The summed E-state index contributed by atoms with van der Waals surface area (Å²) in [5.74, 6) is 0.663. The van der Waals surface area contributed by atoms with Crippen molar-refractivity contribution >= 4 is 33.8 Å². The number of piperidine rings is 1. The van der Waals surface area contributed by atoms with Crippen LogP contribution in [0.5, 0.6) is 0 Å². The molecule has 0 unspecified atom stereocenters. The van der Waals surface area contributed by atoms with Crippen molar-refractivity contribution in [3.63, 3.8) is 0 Å². The topological polar surface area (TPSA) is 103 Å². The van der Waals surface area contributed by atoms with E-state index in [-0.39, 0.29) is 11.9 Å². The van der Waals surface area contributed by atoms with E-state index >= 15 is 0 Å². The van der Waals surface area contributed by atoms with Crippen LogP contribution in [0.15, 0.2) is 36.9 Å². The molecule has 1 fully saturated rings. The smallest absolute Gasteiger partial charge is 0.219 e. The quantitative estimate of drug-likeness (QED) is 0.554. The highest BCUT2D eigenvalue weighted by Gasteiger charge is 2.24. The van der Waals surface area contributed by atoms with Crippen LogP contribution in [0, 0.1) is 6.92 Å². The predicted molar refractivity (Wildman–Crippen MR) is 116 cm³/mol. The maximum atomic E-state index is 11.7. The van der Waals surface area contributed by atoms with Crippen molar-refractivity contribution in [2.75, 3.05) is 18.8 Å². The van der Waals surface area contributed by atoms with Crippen LogP contribution < -0.4 is 5.73 Å². The van der Waals surface area contributed by atoms with Gasteiger partial charge in [-0.1, -0.05) is 0 Å². The standard InChI is InChI=1S/C22H23N7O/c1-13-9-15(10-25-22(13)23)17-3-4-18-20(27-17)21-19(11-24-18)26-12-29(21)16-5-7-28(8-6-16)14(2)30/h3-4,9-12,16H,5-8H2,1-2H3,(H2,23,25). The van der Waals surface area contributed by atoms with E-state index in [4.69, 9.17) is 10.7 Å². The fourth-order valence-electron chi connectivity index (χ4n) is 4.20. The fourth-order valence-corrected chi connectivity index (χ4v) is 4.20. The lowest BCUT2D eigenvalue weighted by atomic mass is 10.0. The number of carbonyl (C=O) groups excluding carboxylic acids is 1. The largest absolute Gasteiger partial charge is 0.383 e. The van der Waals surface area contributed by atoms with Gasteiger partial charge in [-0.05, 0) is 43.5 Å². The van der Waals surface area contributed by atoms with Crippen LogP contribution >= 0.6 is 0 Å². The summed E-state index contributed by atoms with van der Waals surface area (Å²) in [7, 11) is 0. The number of hydrogen-bond acceptors (Lipinski definition) is 6. The number of imidazole rings is 1. The molecule has 152 valence electrons. The monoisotopic (exact) mass is 401 g/mol. The molecule has 1 amide bonds. The first-order valence-corrected chi connectivity index (χ1v) is 10.1. The molecule has 0 spiro atoms. The molecular formula is C22H23N7O. The molecule has 0 radical (unpaired) electrons. The number of pyridine rings is 3. The SMILES string of the molecule is CC(=O)N1CCC(n2cnc3cnc4ccc(-c5cnc(N)c(C)c5)nc4c32)CC1. The molecule has 1 aliphatic rings. The summed E-state index contributed by atoms with van der Waals surface area (Å²) in [6.45, 7) is 5.09.